The van der Waals surface area contributed by atoms with Crippen molar-refractivity contribution in [3.8, 4) is 0 Å². The topological polar surface area (TPSA) is 32.3 Å². The number of hydrogen-bond donors (Lipinski definition) is 1. The normalized spacial score (nSPS) is 26.0. The number of carbonyl (C=O) groups excluding carboxylic acids is 1. The minimum atomic E-state index is 0.200. The number of likely N-dealkylation sites (N-methyl/N-ethyl adjacent to an activating group) is 1. The van der Waals surface area contributed by atoms with Crippen molar-refractivity contribution in [2.45, 2.75) is 13.0 Å². The highest BCUT2D eigenvalue weighted by Crippen LogP contribution is 2.06. The number of hydrogen-bond acceptors (Lipinski definition) is 2. The molecular formula is C8H14N2O. The molecule has 11 heavy (non-hydrogen) atoms. The standard InChI is InChI=1S/C8H14N2O/c1-7-3-8(9-6-11)5-10(2)4-7/h3,6,8H,4-5H2,1-2H3,(H,9,11). The maximum Gasteiger partial charge on any atom is 0.207 e. The Bertz CT molecular complexity index is 177. The summed E-state index contributed by atoms with van der Waals surface area (Å²) in [7, 11) is 2.05. The van der Waals surface area contributed by atoms with Gasteiger partial charge in [0.2, 0.25) is 6.41 Å². The van der Waals surface area contributed by atoms with Gasteiger partial charge in [-0.15, -0.1) is 0 Å². The predicted octanol–water partition coefficient (Wildman–Crippen LogP) is -0.00730. The van der Waals surface area contributed by atoms with Crippen LogP contribution in [0.25, 0.3) is 0 Å². The molecule has 0 aliphatic carbocycles. The zero-order valence-electron chi connectivity index (χ0n) is 7.00. The minimum Gasteiger partial charge on any atom is -0.351 e. The van der Waals surface area contributed by atoms with E-state index in [2.05, 4.69) is 30.3 Å². The second kappa shape index (κ2) is 3.53. The molecule has 0 saturated carbocycles. The maximum absolute atomic E-state index is 10.1. The fourth-order valence-electron chi connectivity index (χ4n) is 1.46. The molecule has 0 bridgehead atoms. The highest BCUT2D eigenvalue weighted by atomic mass is 16.1. The molecule has 1 heterocycles. The van der Waals surface area contributed by atoms with Crippen LogP contribution in [0.2, 0.25) is 0 Å². The van der Waals surface area contributed by atoms with Crippen molar-refractivity contribution in [2.75, 3.05) is 20.1 Å². The van der Waals surface area contributed by atoms with Crippen molar-refractivity contribution in [1.82, 2.24) is 10.2 Å². The lowest BCUT2D eigenvalue weighted by atomic mass is 10.1. The van der Waals surface area contributed by atoms with Crippen LogP contribution in [-0.4, -0.2) is 37.5 Å². The second-order valence-electron chi connectivity index (χ2n) is 3.10. The zero-order chi connectivity index (χ0) is 8.27. The minimum absolute atomic E-state index is 0.200. The molecule has 0 aromatic carbocycles. The molecule has 62 valence electrons. The largest absolute Gasteiger partial charge is 0.351 e. The van der Waals surface area contributed by atoms with E-state index in [1.165, 1.54) is 5.57 Å². The van der Waals surface area contributed by atoms with Crippen molar-refractivity contribution in [1.29, 1.82) is 0 Å². The van der Waals surface area contributed by atoms with E-state index in [1.54, 1.807) is 0 Å². The van der Waals surface area contributed by atoms with Gasteiger partial charge in [0.15, 0.2) is 0 Å². The third kappa shape index (κ3) is 2.35. The highest BCUT2D eigenvalue weighted by molar-refractivity contribution is 5.47. The summed E-state index contributed by atoms with van der Waals surface area (Å²) >= 11 is 0. The molecule has 1 unspecified atom stereocenters. The lowest BCUT2D eigenvalue weighted by molar-refractivity contribution is -0.110. The van der Waals surface area contributed by atoms with E-state index in [-0.39, 0.29) is 6.04 Å². The second-order valence-corrected chi connectivity index (χ2v) is 3.10. The fourth-order valence-corrected chi connectivity index (χ4v) is 1.46. The predicted molar refractivity (Wildman–Crippen MR) is 44.2 cm³/mol. The molecule has 1 rings (SSSR count). The Hall–Kier alpha value is -0.830. The Kier molecular flexibility index (Phi) is 2.65. The SMILES string of the molecule is CC1=CC(NC=O)CN(C)C1. The number of nitrogens with one attached hydrogen (secondary N) is 1. The Morgan fingerprint density at radius 3 is 3.09 bits per heavy atom. The summed E-state index contributed by atoms with van der Waals surface area (Å²) in [6.45, 7) is 4.00. The highest BCUT2D eigenvalue weighted by Gasteiger charge is 2.13. The first-order valence-electron chi connectivity index (χ1n) is 3.78. The first-order valence-corrected chi connectivity index (χ1v) is 3.78. The summed E-state index contributed by atoms with van der Waals surface area (Å²) in [6.07, 6.45) is 2.86. The van der Waals surface area contributed by atoms with E-state index in [0.717, 1.165) is 19.5 Å². The first kappa shape index (κ1) is 8.27. The van der Waals surface area contributed by atoms with Crippen LogP contribution in [0, 0.1) is 0 Å². The summed E-state index contributed by atoms with van der Waals surface area (Å²) < 4.78 is 0. The van der Waals surface area contributed by atoms with Gasteiger partial charge in [0, 0.05) is 13.1 Å². The molecule has 1 N–H and O–H groups in total. The van der Waals surface area contributed by atoms with E-state index in [0.29, 0.717) is 0 Å². The third-order valence-corrected chi connectivity index (χ3v) is 1.80. The van der Waals surface area contributed by atoms with Crippen molar-refractivity contribution in [2.24, 2.45) is 0 Å². The van der Waals surface area contributed by atoms with E-state index < -0.39 is 0 Å². The Morgan fingerprint density at radius 1 is 1.82 bits per heavy atom. The lowest BCUT2D eigenvalue weighted by Gasteiger charge is -2.27. The monoisotopic (exact) mass is 154 g/mol. The summed E-state index contributed by atoms with van der Waals surface area (Å²) in [5.74, 6) is 0. The quantitative estimate of drug-likeness (QED) is 0.448. The molecule has 0 spiro atoms. The summed E-state index contributed by atoms with van der Waals surface area (Å²) in [5.41, 5.74) is 1.32. The van der Waals surface area contributed by atoms with E-state index in [9.17, 15) is 4.79 Å². The van der Waals surface area contributed by atoms with Gasteiger partial charge in [-0.05, 0) is 14.0 Å². The average Bonchev–Trinajstić information content (AvgIpc) is 1.85. The van der Waals surface area contributed by atoms with Crippen LogP contribution in [0.5, 0.6) is 0 Å². The van der Waals surface area contributed by atoms with Gasteiger partial charge < -0.3 is 10.2 Å². The summed E-state index contributed by atoms with van der Waals surface area (Å²) in [4.78, 5) is 12.3. The lowest BCUT2D eigenvalue weighted by Crippen LogP contribution is -2.41. The molecule has 3 nitrogen and oxygen atoms in total. The van der Waals surface area contributed by atoms with E-state index in [1.807, 2.05) is 0 Å². The smallest absolute Gasteiger partial charge is 0.207 e. The number of carbonyl (C=O) groups is 1. The van der Waals surface area contributed by atoms with Crippen molar-refractivity contribution in [3.63, 3.8) is 0 Å². The Morgan fingerprint density at radius 2 is 2.55 bits per heavy atom. The average molecular weight is 154 g/mol. The van der Waals surface area contributed by atoms with E-state index in [4.69, 9.17) is 0 Å². The molecule has 1 aliphatic rings. The van der Waals surface area contributed by atoms with Crippen LogP contribution in [0.4, 0.5) is 0 Å². The Balaban J connectivity index is 2.53. The number of rotatable bonds is 2. The van der Waals surface area contributed by atoms with Gasteiger partial charge in [0.1, 0.15) is 0 Å². The molecular weight excluding hydrogens is 140 g/mol. The summed E-state index contributed by atoms with van der Waals surface area (Å²) in [5, 5.41) is 2.75. The van der Waals surface area contributed by atoms with E-state index >= 15 is 0 Å². The molecule has 0 aromatic heterocycles. The molecule has 1 aliphatic heterocycles. The maximum atomic E-state index is 10.1. The molecule has 0 fully saturated rings. The van der Waals surface area contributed by atoms with Crippen LogP contribution in [-0.2, 0) is 4.79 Å². The zero-order valence-corrected chi connectivity index (χ0v) is 7.00. The molecule has 0 radical (unpaired) electrons. The Labute approximate surface area is 67.1 Å². The molecule has 3 heteroatoms. The van der Waals surface area contributed by atoms with Crippen molar-refractivity contribution >= 4 is 6.41 Å². The number of amides is 1. The van der Waals surface area contributed by atoms with Crippen LogP contribution in [0.3, 0.4) is 0 Å². The van der Waals surface area contributed by atoms with Gasteiger partial charge in [-0.2, -0.15) is 0 Å². The third-order valence-electron chi connectivity index (χ3n) is 1.80. The molecule has 1 atom stereocenters. The summed E-state index contributed by atoms with van der Waals surface area (Å²) in [6, 6.07) is 0.200. The van der Waals surface area contributed by atoms with Gasteiger partial charge in [-0.25, -0.2) is 0 Å². The van der Waals surface area contributed by atoms with Gasteiger partial charge in [0.25, 0.3) is 0 Å². The van der Waals surface area contributed by atoms with Crippen molar-refractivity contribution in [3.05, 3.63) is 11.6 Å². The van der Waals surface area contributed by atoms with Crippen LogP contribution in [0.1, 0.15) is 6.92 Å². The van der Waals surface area contributed by atoms with Crippen LogP contribution < -0.4 is 5.32 Å². The molecule has 0 saturated heterocycles. The molecule has 0 aromatic rings. The molecule has 1 amide bonds. The van der Waals surface area contributed by atoms with Crippen LogP contribution >= 0.6 is 0 Å². The van der Waals surface area contributed by atoms with Gasteiger partial charge in [0.05, 0.1) is 6.04 Å². The number of nitrogens with zero attached hydrogens (tertiary/aromatic N) is 1. The fraction of sp³-hybridized carbons (Fsp3) is 0.625. The van der Waals surface area contributed by atoms with Crippen LogP contribution in [0.15, 0.2) is 11.6 Å². The van der Waals surface area contributed by atoms with Crippen molar-refractivity contribution < 1.29 is 4.79 Å². The van der Waals surface area contributed by atoms with Gasteiger partial charge in [-0.1, -0.05) is 11.6 Å². The first-order chi connectivity index (χ1) is 5.22. The van der Waals surface area contributed by atoms with Gasteiger partial charge >= 0.3 is 0 Å². The van der Waals surface area contributed by atoms with Gasteiger partial charge in [-0.3, -0.25) is 4.79 Å².